The van der Waals surface area contributed by atoms with Crippen molar-refractivity contribution in [2.24, 2.45) is 5.73 Å². The summed E-state index contributed by atoms with van der Waals surface area (Å²) in [6.45, 7) is -1.96. The van der Waals surface area contributed by atoms with Crippen LogP contribution in [-0.2, 0) is 0 Å². The van der Waals surface area contributed by atoms with Gasteiger partial charge >= 0.3 is 0 Å². The van der Waals surface area contributed by atoms with Crippen molar-refractivity contribution >= 4 is 34.8 Å². The van der Waals surface area contributed by atoms with E-state index in [0.29, 0.717) is 0 Å². The number of nitrogens with one attached hydrogen (secondary N) is 1. The number of nitro benzene ring substituents is 1. The van der Waals surface area contributed by atoms with Gasteiger partial charge in [-0.1, -0.05) is 23.2 Å². The van der Waals surface area contributed by atoms with Crippen LogP contribution in [0.25, 0.3) is 0 Å². The Labute approximate surface area is 122 Å². The molecule has 0 atom stereocenters. The predicted octanol–water partition coefficient (Wildman–Crippen LogP) is 2.23. The van der Waals surface area contributed by atoms with Crippen LogP contribution >= 0.6 is 23.2 Å². The van der Waals surface area contributed by atoms with Crippen LogP contribution in [-0.4, -0.2) is 29.8 Å². The summed E-state index contributed by atoms with van der Waals surface area (Å²) in [6, 6.07) is 1.80. The lowest BCUT2D eigenvalue weighted by Crippen LogP contribution is -2.41. The van der Waals surface area contributed by atoms with E-state index in [0.717, 1.165) is 12.1 Å². The molecule has 0 heterocycles. The number of carbonyl (C=O) groups is 1. The number of amides is 1. The van der Waals surface area contributed by atoms with E-state index in [2.05, 4.69) is 0 Å². The van der Waals surface area contributed by atoms with E-state index in [1.807, 2.05) is 5.32 Å². The van der Waals surface area contributed by atoms with Crippen molar-refractivity contribution in [1.29, 1.82) is 0 Å². The van der Waals surface area contributed by atoms with E-state index < -0.39 is 35.5 Å². The second-order valence-corrected chi connectivity index (χ2v) is 4.57. The molecule has 0 aromatic heterocycles. The lowest BCUT2D eigenvalue weighted by Gasteiger charge is -2.15. The molecule has 0 saturated heterocycles. The van der Waals surface area contributed by atoms with Crippen LogP contribution in [0.1, 0.15) is 10.4 Å². The van der Waals surface area contributed by atoms with Gasteiger partial charge in [-0.3, -0.25) is 14.9 Å². The summed E-state index contributed by atoms with van der Waals surface area (Å²) in [5, 5.41) is 12.0. The molecule has 0 fully saturated rings. The van der Waals surface area contributed by atoms with Gasteiger partial charge in [0.1, 0.15) is 0 Å². The van der Waals surface area contributed by atoms with Gasteiger partial charge in [0, 0.05) is 12.1 Å². The van der Waals surface area contributed by atoms with E-state index in [4.69, 9.17) is 28.9 Å². The summed E-state index contributed by atoms with van der Waals surface area (Å²) in [4.78, 5) is 21.6. The second-order valence-electron chi connectivity index (χ2n) is 3.79. The molecule has 6 nitrogen and oxygen atoms in total. The van der Waals surface area contributed by atoms with Crippen molar-refractivity contribution in [3.63, 3.8) is 0 Å². The smallest absolute Gasteiger partial charge is 0.277 e. The number of nitrogens with zero attached hydrogens (tertiary/aromatic N) is 1. The first kappa shape index (κ1) is 16.5. The first-order valence-electron chi connectivity index (χ1n) is 5.17. The normalized spacial score (nSPS) is 11.2. The number of nitrogens with two attached hydrogens (primary N) is 1. The molecule has 0 aliphatic carbocycles. The van der Waals surface area contributed by atoms with Gasteiger partial charge in [-0.15, -0.1) is 0 Å². The number of hydrogen-bond donors (Lipinski definition) is 2. The number of rotatable bonds is 5. The summed E-state index contributed by atoms with van der Waals surface area (Å²) in [5.41, 5.74) is 3.97. The fraction of sp³-hybridized carbons (Fsp3) is 0.300. The Morgan fingerprint density at radius 1 is 1.45 bits per heavy atom. The number of alkyl halides is 2. The quantitative estimate of drug-likeness (QED) is 0.639. The highest BCUT2D eigenvalue weighted by molar-refractivity contribution is 6.44. The molecule has 1 aromatic rings. The highest BCUT2D eigenvalue weighted by Gasteiger charge is 2.28. The van der Waals surface area contributed by atoms with Gasteiger partial charge in [0.2, 0.25) is 0 Å². The Hall–Kier alpha value is -1.51. The Bertz CT molecular complexity index is 555. The summed E-state index contributed by atoms with van der Waals surface area (Å²) < 4.78 is 25.8. The molecule has 0 saturated carbocycles. The molecule has 1 amide bonds. The van der Waals surface area contributed by atoms with E-state index >= 15 is 0 Å². The van der Waals surface area contributed by atoms with Gasteiger partial charge in [-0.05, 0) is 0 Å². The molecule has 0 aliphatic heterocycles. The molecular formula is C10H9Cl2F2N3O3. The lowest BCUT2D eigenvalue weighted by atomic mass is 10.2. The Morgan fingerprint density at radius 2 is 2.05 bits per heavy atom. The maximum atomic E-state index is 12.9. The van der Waals surface area contributed by atoms with Crippen molar-refractivity contribution in [3.05, 3.63) is 37.9 Å². The molecule has 0 radical (unpaired) electrons. The minimum absolute atomic E-state index is 0.225. The Balaban J connectivity index is 3.01. The molecule has 0 unspecified atom stereocenters. The highest BCUT2D eigenvalue weighted by Crippen LogP contribution is 2.30. The Kier molecular flexibility index (Phi) is 5.21. The van der Waals surface area contributed by atoms with E-state index in [-0.39, 0.29) is 15.6 Å². The lowest BCUT2D eigenvalue weighted by molar-refractivity contribution is -0.384. The summed E-state index contributed by atoms with van der Waals surface area (Å²) in [6.07, 6.45) is 0. The summed E-state index contributed by atoms with van der Waals surface area (Å²) >= 11 is 11.4. The average molecular weight is 328 g/mol. The highest BCUT2D eigenvalue weighted by atomic mass is 35.5. The van der Waals surface area contributed by atoms with Gasteiger partial charge in [0.05, 0.1) is 33.6 Å². The van der Waals surface area contributed by atoms with E-state index in [1.165, 1.54) is 0 Å². The molecule has 0 bridgehead atoms. The molecule has 0 spiro atoms. The van der Waals surface area contributed by atoms with Crippen LogP contribution in [0.5, 0.6) is 0 Å². The zero-order chi connectivity index (χ0) is 15.5. The maximum absolute atomic E-state index is 12.9. The molecular weight excluding hydrogens is 319 g/mol. The third-order valence-corrected chi connectivity index (χ3v) is 3.08. The van der Waals surface area contributed by atoms with Gasteiger partial charge in [-0.25, -0.2) is 8.78 Å². The van der Waals surface area contributed by atoms with Gasteiger partial charge in [-0.2, -0.15) is 0 Å². The number of hydrogen-bond acceptors (Lipinski definition) is 4. The fourth-order valence-electron chi connectivity index (χ4n) is 1.22. The van der Waals surface area contributed by atoms with Gasteiger partial charge < -0.3 is 11.1 Å². The first-order valence-corrected chi connectivity index (χ1v) is 5.93. The molecule has 10 heteroatoms. The molecule has 3 N–H and O–H groups in total. The van der Waals surface area contributed by atoms with Crippen LogP contribution in [0.2, 0.25) is 10.0 Å². The molecule has 1 rings (SSSR count). The standard InChI is InChI=1S/C10H9Cl2F2N3O3/c11-7-2-5(17(19)20)1-6(8(7)12)9(18)16-4-10(13,14)3-15/h1-2H,3-4,15H2,(H,16,18). The fourth-order valence-corrected chi connectivity index (χ4v) is 1.63. The molecule has 110 valence electrons. The van der Waals surface area contributed by atoms with Crippen LogP contribution in [0, 0.1) is 10.1 Å². The van der Waals surface area contributed by atoms with Crippen LogP contribution in [0.3, 0.4) is 0 Å². The monoisotopic (exact) mass is 327 g/mol. The van der Waals surface area contributed by atoms with Crippen LogP contribution in [0.4, 0.5) is 14.5 Å². The minimum Gasteiger partial charge on any atom is -0.346 e. The summed E-state index contributed by atoms with van der Waals surface area (Å²) in [7, 11) is 0. The number of non-ortho nitro benzene ring substituents is 1. The topological polar surface area (TPSA) is 98.3 Å². The predicted molar refractivity (Wildman–Crippen MR) is 69.5 cm³/mol. The Morgan fingerprint density at radius 3 is 2.55 bits per heavy atom. The van der Waals surface area contributed by atoms with E-state index in [9.17, 15) is 23.7 Å². The van der Waals surface area contributed by atoms with Crippen molar-refractivity contribution in [3.8, 4) is 0 Å². The third-order valence-electron chi connectivity index (χ3n) is 2.27. The van der Waals surface area contributed by atoms with Gasteiger partial charge in [0.25, 0.3) is 17.5 Å². The van der Waals surface area contributed by atoms with Crippen molar-refractivity contribution in [1.82, 2.24) is 5.32 Å². The largest absolute Gasteiger partial charge is 0.346 e. The summed E-state index contributed by atoms with van der Waals surface area (Å²) in [5.74, 6) is -4.29. The van der Waals surface area contributed by atoms with Crippen LogP contribution in [0.15, 0.2) is 12.1 Å². The number of nitro groups is 1. The molecule has 1 aromatic carbocycles. The minimum atomic E-state index is -3.29. The van der Waals surface area contributed by atoms with Crippen molar-refractivity contribution in [2.75, 3.05) is 13.1 Å². The van der Waals surface area contributed by atoms with Crippen LogP contribution < -0.4 is 11.1 Å². The number of carbonyl (C=O) groups excluding carboxylic acids is 1. The second kappa shape index (κ2) is 6.29. The number of halogens is 4. The zero-order valence-electron chi connectivity index (χ0n) is 9.83. The first-order chi connectivity index (χ1) is 9.18. The van der Waals surface area contributed by atoms with Gasteiger partial charge in [0.15, 0.2) is 0 Å². The average Bonchev–Trinajstić information content (AvgIpc) is 2.38. The molecule has 20 heavy (non-hydrogen) atoms. The van der Waals surface area contributed by atoms with Crippen molar-refractivity contribution in [2.45, 2.75) is 5.92 Å². The number of benzene rings is 1. The van der Waals surface area contributed by atoms with Crippen molar-refractivity contribution < 1.29 is 18.5 Å². The van der Waals surface area contributed by atoms with E-state index in [1.54, 1.807) is 0 Å². The molecule has 0 aliphatic rings. The maximum Gasteiger partial charge on any atom is 0.277 e. The zero-order valence-corrected chi connectivity index (χ0v) is 11.3. The SMILES string of the molecule is NCC(F)(F)CNC(=O)c1cc([N+](=O)[O-])cc(Cl)c1Cl. The third kappa shape index (κ3) is 3.99.